The second kappa shape index (κ2) is 11.8. The summed E-state index contributed by atoms with van der Waals surface area (Å²) in [5.41, 5.74) is 1.47. The van der Waals surface area contributed by atoms with E-state index in [2.05, 4.69) is 15.0 Å². The van der Waals surface area contributed by atoms with Gasteiger partial charge in [-0.25, -0.2) is 18.3 Å². The van der Waals surface area contributed by atoms with Gasteiger partial charge in [0.2, 0.25) is 5.95 Å². The Morgan fingerprint density at radius 3 is 2.09 bits per heavy atom. The number of nitrogens with two attached hydrogens (primary N) is 1. The molecule has 0 amide bonds. The average Bonchev–Trinajstić information content (AvgIpc) is 3.52. The molecular formula is C25H26F2N5O10P. The Labute approximate surface area is 241 Å². The van der Waals surface area contributed by atoms with Crippen LogP contribution in [0.25, 0.3) is 11.2 Å². The third-order valence-electron chi connectivity index (χ3n) is 6.55. The number of rotatable bonds is 11. The molecule has 1 fully saturated rings. The number of aliphatic hydroxyl groups is 2. The number of halogens is 2. The summed E-state index contributed by atoms with van der Waals surface area (Å²) in [7, 11) is -1.93. The second-order valence-corrected chi connectivity index (χ2v) is 10.7. The molecule has 5 N–H and O–H groups in total. The molecule has 0 bridgehead atoms. The van der Waals surface area contributed by atoms with Gasteiger partial charge in [-0.1, -0.05) is 0 Å². The first-order valence-corrected chi connectivity index (χ1v) is 13.9. The van der Waals surface area contributed by atoms with Crippen LogP contribution in [-0.2, 0) is 13.8 Å². The molecule has 0 aliphatic carbocycles. The van der Waals surface area contributed by atoms with E-state index in [9.17, 15) is 28.4 Å². The number of imidazole rings is 1. The molecule has 18 heteroatoms. The van der Waals surface area contributed by atoms with Crippen LogP contribution in [0.2, 0.25) is 0 Å². The smallest absolute Gasteiger partial charge is 0.497 e. The number of benzene rings is 2. The van der Waals surface area contributed by atoms with Gasteiger partial charge in [0.25, 0.3) is 12.0 Å². The number of ether oxygens (including phenoxy) is 3. The first kappa shape index (κ1) is 30.2. The molecule has 2 aromatic carbocycles. The van der Waals surface area contributed by atoms with Gasteiger partial charge in [0.1, 0.15) is 35.2 Å². The molecule has 230 valence electrons. The number of phosphoric acid groups is 1. The minimum Gasteiger partial charge on any atom is -0.497 e. The number of H-pyrrole nitrogens is 1. The van der Waals surface area contributed by atoms with Crippen LogP contribution in [0.5, 0.6) is 23.0 Å². The molecule has 4 aromatic rings. The van der Waals surface area contributed by atoms with Crippen LogP contribution < -0.4 is 29.8 Å². The fourth-order valence-electron chi connectivity index (χ4n) is 4.31. The van der Waals surface area contributed by atoms with E-state index >= 15 is 0 Å². The van der Waals surface area contributed by atoms with Crippen molar-refractivity contribution in [1.82, 2.24) is 19.5 Å². The predicted molar refractivity (Wildman–Crippen MR) is 144 cm³/mol. The zero-order chi connectivity index (χ0) is 30.9. The standard InChI is InChI=1S/C25H26F2N5O10P/c1-37-13-3-7-15(8-4-13)41-43(36,42-16-9-5-14(38-2)6-10-16)39-11-25(23(26)27)19(34)18(33)22(40-25)32-12-29-17-20(32)30-24(28)31-21(17)35/h3-10,12,18-19,22-23,33-34H,11H2,1-2H3,(H3,28,30,31,35)/t18?,19?,22-,25-/m1/s1. The van der Waals surface area contributed by atoms with E-state index in [1.807, 2.05) is 0 Å². The van der Waals surface area contributed by atoms with Crippen LogP contribution in [0.4, 0.5) is 14.7 Å². The number of aromatic amines is 1. The number of nitrogens with one attached hydrogen (secondary N) is 1. The number of fused-ring (bicyclic) bond motifs is 1. The van der Waals surface area contributed by atoms with E-state index in [-0.39, 0.29) is 28.6 Å². The van der Waals surface area contributed by atoms with Gasteiger partial charge in [-0.3, -0.25) is 18.9 Å². The molecule has 0 radical (unpaired) electrons. The minimum atomic E-state index is -4.80. The number of methoxy groups -OCH3 is 2. The first-order valence-electron chi connectivity index (χ1n) is 12.4. The Kier molecular flexibility index (Phi) is 8.27. The van der Waals surface area contributed by atoms with Gasteiger partial charge in [0, 0.05) is 0 Å². The lowest BCUT2D eigenvalue weighted by molar-refractivity contribution is -0.192. The lowest BCUT2D eigenvalue weighted by Gasteiger charge is -2.31. The quantitative estimate of drug-likeness (QED) is 0.177. The van der Waals surface area contributed by atoms with Gasteiger partial charge >= 0.3 is 7.82 Å². The Bertz CT molecular complexity index is 1630. The maximum Gasteiger partial charge on any atom is 0.587 e. The number of anilines is 1. The van der Waals surface area contributed by atoms with Crippen molar-refractivity contribution in [3.05, 3.63) is 65.2 Å². The number of aromatic nitrogens is 4. The number of nitrogen functional groups attached to an aromatic ring is 1. The van der Waals surface area contributed by atoms with E-state index < -0.39 is 50.5 Å². The maximum atomic E-state index is 14.7. The molecule has 3 heterocycles. The molecule has 0 saturated carbocycles. The molecule has 2 aromatic heterocycles. The Morgan fingerprint density at radius 2 is 1.58 bits per heavy atom. The van der Waals surface area contributed by atoms with Gasteiger partial charge in [0.05, 0.1) is 27.2 Å². The molecule has 1 saturated heterocycles. The van der Waals surface area contributed by atoms with Gasteiger partial charge < -0.3 is 39.2 Å². The van der Waals surface area contributed by atoms with E-state index in [1.165, 1.54) is 62.8 Å². The van der Waals surface area contributed by atoms with Crippen molar-refractivity contribution in [2.75, 3.05) is 26.6 Å². The average molecular weight is 625 g/mol. The van der Waals surface area contributed by atoms with Crippen LogP contribution in [0.15, 0.2) is 59.7 Å². The van der Waals surface area contributed by atoms with E-state index in [4.69, 9.17) is 33.5 Å². The van der Waals surface area contributed by atoms with Crippen molar-refractivity contribution in [2.24, 2.45) is 0 Å². The molecule has 15 nitrogen and oxygen atoms in total. The van der Waals surface area contributed by atoms with Crippen molar-refractivity contribution in [1.29, 1.82) is 0 Å². The van der Waals surface area contributed by atoms with Gasteiger partial charge in [-0.2, -0.15) is 4.98 Å². The van der Waals surface area contributed by atoms with E-state index in [1.54, 1.807) is 0 Å². The molecule has 2 unspecified atom stereocenters. The highest BCUT2D eigenvalue weighted by molar-refractivity contribution is 7.49. The van der Waals surface area contributed by atoms with Gasteiger partial charge in [-0.05, 0) is 48.5 Å². The summed E-state index contributed by atoms with van der Waals surface area (Å²) in [4.78, 5) is 22.2. The molecule has 5 rings (SSSR count). The fourth-order valence-corrected chi connectivity index (χ4v) is 5.57. The van der Waals surface area contributed by atoms with Crippen molar-refractivity contribution >= 4 is 24.9 Å². The Hall–Kier alpha value is -4.28. The summed E-state index contributed by atoms with van der Waals surface area (Å²) in [5, 5.41) is 21.6. The van der Waals surface area contributed by atoms with Crippen molar-refractivity contribution < 1.29 is 51.3 Å². The summed E-state index contributed by atoms with van der Waals surface area (Å²) < 4.78 is 76.2. The topological polar surface area (TPSA) is 202 Å². The zero-order valence-electron chi connectivity index (χ0n) is 22.5. The molecule has 1 aliphatic rings. The summed E-state index contributed by atoms with van der Waals surface area (Å²) in [6, 6.07) is 11.4. The lowest BCUT2D eigenvalue weighted by atomic mass is 9.96. The van der Waals surface area contributed by atoms with E-state index in [0.29, 0.717) is 11.5 Å². The normalized spacial score (nSPS) is 22.2. The third kappa shape index (κ3) is 5.85. The zero-order valence-corrected chi connectivity index (χ0v) is 23.4. The molecule has 0 spiro atoms. The molecule has 1 aliphatic heterocycles. The van der Waals surface area contributed by atoms with Crippen LogP contribution in [0.1, 0.15) is 6.23 Å². The lowest BCUT2D eigenvalue weighted by Crippen LogP contribution is -2.52. The number of hydrogen-bond acceptors (Lipinski definition) is 13. The maximum absolute atomic E-state index is 14.7. The van der Waals surface area contributed by atoms with Gasteiger partial charge in [-0.15, -0.1) is 0 Å². The summed E-state index contributed by atoms with van der Waals surface area (Å²) >= 11 is 0. The van der Waals surface area contributed by atoms with Gasteiger partial charge in [0.15, 0.2) is 23.0 Å². The third-order valence-corrected chi connectivity index (χ3v) is 7.87. The predicted octanol–water partition coefficient (Wildman–Crippen LogP) is 2.26. The van der Waals surface area contributed by atoms with Crippen LogP contribution in [0.3, 0.4) is 0 Å². The largest absolute Gasteiger partial charge is 0.587 e. The molecule has 4 atom stereocenters. The fraction of sp³-hybridized carbons (Fsp3) is 0.320. The van der Waals surface area contributed by atoms with Crippen LogP contribution >= 0.6 is 7.82 Å². The monoisotopic (exact) mass is 625 g/mol. The van der Waals surface area contributed by atoms with Crippen molar-refractivity contribution in [3.8, 4) is 23.0 Å². The highest BCUT2D eigenvalue weighted by Gasteiger charge is 2.62. The highest BCUT2D eigenvalue weighted by atomic mass is 31.2. The second-order valence-electron chi connectivity index (χ2n) is 9.23. The number of aliphatic hydroxyl groups excluding tert-OH is 2. The van der Waals surface area contributed by atoms with Crippen LogP contribution in [0, 0.1) is 0 Å². The summed E-state index contributed by atoms with van der Waals surface area (Å²) in [6.45, 7) is -1.29. The highest BCUT2D eigenvalue weighted by Crippen LogP contribution is 2.52. The number of hydrogen-bond donors (Lipinski definition) is 4. The minimum absolute atomic E-state index is 0.0340. The molecular weight excluding hydrogens is 599 g/mol. The first-order chi connectivity index (χ1) is 20.5. The summed E-state index contributed by atoms with van der Waals surface area (Å²) in [5.74, 6) is 0.511. The Morgan fingerprint density at radius 1 is 1.05 bits per heavy atom. The summed E-state index contributed by atoms with van der Waals surface area (Å²) in [6.07, 6.45) is -8.56. The van der Waals surface area contributed by atoms with Crippen molar-refractivity contribution in [2.45, 2.75) is 30.5 Å². The SMILES string of the molecule is COc1ccc(OP(=O)(OC[C@@]2(C(F)F)O[C@@H](n3cnc4c(=O)[nH]c(N)nc43)C(O)C2O)Oc2ccc(OC)cc2)cc1. The van der Waals surface area contributed by atoms with Crippen molar-refractivity contribution in [3.63, 3.8) is 0 Å². The van der Waals surface area contributed by atoms with E-state index in [0.717, 1.165) is 10.9 Å². The van der Waals surface area contributed by atoms with Crippen LogP contribution in [-0.4, -0.2) is 74.8 Å². The Balaban J connectivity index is 1.46. The number of nitrogens with zero attached hydrogens (tertiary/aromatic N) is 3. The number of phosphoric ester groups is 1. The molecule has 43 heavy (non-hydrogen) atoms. The number of alkyl halides is 2.